The Balaban J connectivity index is 1.36. The molecule has 3 aromatic carbocycles. The maximum atomic E-state index is 13.0. The Labute approximate surface area is 209 Å². The van der Waals surface area contributed by atoms with E-state index in [0.717, 1.165) is 16.9 Å². The number of carbonyl (C=O) groups is 3. The van der Waals surface area contributed by atoms with E-state index in [0.29, 0.717) is 17.4 Å². The van der Waals surface area contributed by atoms with E-state index in [4.69, 9.17) is 9.47 Å². The molecule has 0 unspecified atom stereocenters. The Kier molecular flexibility index (Phi) is 7.48. The van der Waals surface area contributed by atoms with Crippen LogP contribution in [-0.4, -0.2) is 30.8 Å². The fourth-order valence-electron chi connectivity index (χ4n) is 4.12. The van der Waals surface area contributed by atoms with E-state index < -0.39 is 30.1 Å². The van der Waals surface area contributed by atoms with Gasteiger partial charge in [-0.2, -0.15) is 0 Å². The molecule has 1 aliphatic heterocycles. The summed E-state index contributed by atoms with van der Waals surface area (Å²) in [5.41, 5.74) is 3.12. The number of benzene rings is 3. The summed E-state index contributed by atoms with van der Waals surface area (Å²) in [4.78, 5) is 38.8. The van der Waals surface area contributed by atoms with E-state index >= 15 is 0 Å². The summed E-state index contributed by atoms with van der Waals surface area (Å²) in [7, 11) is 0. The lowest BCUT2D eigenvalue weighted by Gasteiger charge is -2.18. The molecule has 1 heterocycles. The Morgan fingerprint density at radius 1 is 1.03 bits per heavy atom. The highest BCUT2D eigenvalue weighted by atomic mass is 19.1. The van der Waals surface area contributed by atoms with Gasteiger partial charge in [-0.05, 0) is 78.6 Å². The van der Waals surface area contributed by atoms with Crippen LogP contribution in [0, 0.1) is 18.7 Å². The van der Waals surface area contributed by atoms with Crippen molar-refractivity contribution in [1.29, 1.82) is 0 Å². The third kappa shape index (κ3) is 5.79. The minimum atomic E-state index is -0.671. The topological polar surface area (TPSA) is 72.9 Å². The molecule has 1 fully saturated rings. The number of nitrogens with zero attached hydrogens (tertiary/aromatic N) is 1. The molecule has 0 saturated carbocycles. The van der Waals surface area contributed by atoms with E-state index in [1.807, 2.05) is 13.0 Å². The monoisotopic (exact) mass is 489 g/mol. The van der Waals surface area contributed by atoms with Crippen molar-refractivity contribution in [2.24, 2.45) is 5.92 Å². The van der Waals surface area contributed by atoms with E-state index in [1.54, 1.807) is 24.3 Å². The Bertz CT molecular complexity index is 1270. The van der Waals surface area contributed by atoms with Crippen LogP contribution in [-0.2, 0) is 14.3 Å². The molecule has 1 amide bonds. The molecule has 3 aromatic rings. The SMILES string of the molecule is Cc1ccc(C(C)C)c(Oc2ccc(N3C[C@@H](C(=O)OCC(=O)c4ccc(F)cc4)CC3=O)cc2)c1. The Morgan fingerprint density at radius 3 is 2.39 bits per heavy atom. The lowest BCUT2D eigenvalue weighted by Crippen LogP contribution is -2.27. The van der Waals surface area contributed by atoms with E-state index in [9.17, 15) is 18.8 Å². The lowest BCUT2D eigenvalue weighted by molar-refractivity contribution is -0.147. The molecule has 0 radical (unpaired) electrons. The number of Topliss-reactive ketones (excluding diaryl/α,β-unsaturated/α-hetero) is 1. The number of ether oxygens (including phenoxy) is 2. The second kappa shape index (κ2) is 10.7. The summed E-state index contributed by atoms with van der Waals surface area (Å²) in [6.45, 7) is 5.94. The van der Waals surface area contributed by atoms with E-state index in [2.05, 4.69) is 26.0 Å². The largest absolute Gasteiger partial charge is 0.457 e. The molecule has 6 nitrogen and oxygen atoms in total. The van der Waals surface area contributed by atoms with Crippen LogP contribution in [0.15, 0.2) is 66.7 Å². The molecule has 7 heteroatoms. The van der Waals surface area contributed by atoms with Crippen LogP contribution in [0.1, 0.15) is 47.7 Å². The average molecular weight is 490 g/mol. The minimum absolute atomic E-state index is 0.00284. The molecular formula is C29H28FNO5. The number of hydrogen-bond donors (Lipinski definition) is 0. The molecule has 0 spiro atoms. The van der Waals surface area contributed by atoms with Gasteiger partial charge in [-0.15, -0.1) is 0 Å². The van der Waals surface area contributed by atoms with Gasteiger partial charge in [0.05, 0.1) is 5.92 Å². The van der Waals surface area contributed by atoms with Crippen LogP contribution in [0.25, 0.3) is 0 Å². The molecular weight excluding hydrogens is 461 g/mol. The number of carbonyl (C=O) groups excluding carboxylic acids is 3. The third-order valence-electron chi connectivity index (χ3n) is 6.14. The van der Waals surface area contributed by atoms with Crippen molar-refractivity contribution >= 4 is 23.3 Å². The maximum Gasteiger partial charge on any atom is 0.311 e. The summed E-state index contributed by atoms with van der Waals surface area (Å²) in [5.74, 6) is -0.614. The smallest absolute Gasteiger partial charge is 0.311 e. The standard InChI is InChI=1S/C29H28FNO5/c1-18(2)25-13-4-19(3)14-27(25)36-24-11-9-23(10-12-24)31-16-21(15-28(31)33)29(34)35-17-26(32)20-5-7-22(30)8-6-20/h4-14,18,21H,15-17H2,1-3H3/t21-/m0/s1. The molecule has 1 atom stereocenters. The summed E-state index contributed by atoms with van der Waals surface area (Å²) in [6, 6.07) is 18.3. The van der Waals surface area contributed by atoms with Gasteiger partial charge in [0, 0.05) is 24.2 Å². The Morgan fingerprint density at radius 2 is 1.72 bits per heavy atom. The number of hydrogen-bond acceptors (Lipinski definition) is 5. The van der Waals surface area contributed by atoms with Crippen LogP contribution < -0.4 is 9.64 Å². The number of ketones is 1. The van der Waals surface area contributed by atoms with Crippen LogP contribution in [0.2, 0.25) is 0 Å². The van der Waals surface area contributed by atoms with Crippen molar-refractivity contribution in [2.75, 3.05) is 18.1 Å². The molecule has 1 aliphatic rings. The van der Waals surface area contributed by atoms with Crippen molar-refractivity contribution < 1.29 is 28.2 Å². The van der Waals surface area contributed by atoms with Crippen molar-refractivity contribution in [2.45, 2.75) is 33.1 Å². The molecule has 4 rings (SSSR count). The molecule has 0 aromatic heterocycles. The predicted octanol–water partition coefficient (Wildman–Crippen LogP) is 5.83. The number of anilines is 1. The van der Waals surface area contributed by atoms with Crippen molar-refractivity contribution in [3.05, 3.63) is 89.2 Å². The van der Waals surface area contributed by atoms with Gasteiger partial charge < -0.3 is 14.4 Å². The van der Waals surface area contributed by atoms with Gasteiger partial charge in [-0.1, -0.05) is 26.0 Å². The molecule has 0 aliphatic carbocycles. The van der Waals surface area contributed by atoms with Crippen LogP contribution >= 0.6 is 0 Å². The number of aryl methyl sites for hydroxylation is 1. The number of esters is 1. The van der Waals surface area contributed by atoms with Crippen molar-refractivity contribution in [3.8, 4) is 11.5 Å². The first-order valence-corrected chi connectivity index (χ1v) is 11.9. The maximum absolute atomic E-state index is 13.0. The first-order chi connectivity index (χ1) is 17.2. The number of amides is 1. The van der Waals surface area contributed by atoms with Gasteiger partial charge in [-0.25, -0.2) is 4.39 Å². The number of rotatable bonds is 8. The highest BCUT2D eigenvalue weighted by Crippen LogP contribution is 2.33. The summed E-state index contributed by atoms with van der Waals surface area (Å²) < 4.78 is 24.3. The first kappa shape index (κ1) is 25.1. The summed E-state index contributed by atoms with van der Waals surface area (Å²) in [6.07, 6.45) is 0.00284. The highest BCUT2D eigenvalue weighted by Gasteiger charge is 2.36. The van der Waals surface area contributed by atoms with E-state index in [1.165, 1.54) is 29.2 Å². The molecule has 1 saturated heterocycles. The van der Waals surface area contributed by atoms with Crippen LogP contribution in [0.4, 0.5) is 10.1 Å². The fourth-order valence-corrected chi connectivity index (χ4v) is 4.12. The highest BCUT2D eigenvalue weighted by molar-refractivity contribution is 6.01. The summed E-state index contributed by atoms with van der Waals surface area (Å²) in [5, 5.41) is 0. The number of halogens is 1. The van der Waals surface area contributed by atoms with E-state index in [-0.39, 0.29) is 24.4 Å². The van der Waals surface area contributed by atoms with Crippen LogP contribution in [0.3, 0.4) is 0 Å². The third-order valence-corrected chi connectivity index (χ3v) is 6.14. The molecule has 0 bridgehead atoms. The van der Waals surface area contributed by atoms with Crippen molar-refractivity contribution in [1.82, 2.24) is 0 Å². The second-order valence-electron chi connectivity index (χ2n) is 9.24. The van der Waals surface area contributed by atoms with Gasteiger partial charge >= 0.3 is 5.97 Å². The van der Waals surface area contributed by atoms with Gasteiger partial charge in [0.15, 0.2) is 12.4 Å². The van der Waals surface area contributed by atoms with Gasteiger partial charge in [0.1, 0.15) is 17.3 Å². The molecule has 36 heavy (non-hydrogen) atoms. The second-order valence-corrected chi connectivity index (χ2v) is 9.24. The van der Waals surface area contributed by atoms with Crippen molar-refractivity contribution in [3.63, 3.8) is 0 Å². The summed E-state index contributed by atoms with van der Waals surface area (Å²) >= 11 is 0. The zero-order valence-corrected chi connectivity index (χ0v) is 20.5. The Hall–Kier alpha value is -4.00. The van der Waals surface area contributed by atoms with Gasteiger partial charge in [0.2, 0.25) is 5.91 Å². The average Bonchev–Trinajstić information content (AvgIpc) is 3.24. The molecule has 0 N–H and O–H groups in total. The lowest BCUT2D eigenvalue weighted by atomic mass is 10.0. The zero-order valence-electron chi connectivity index (χ0n) is 20.5. The quantitative estimate of drug-likeness (QED) is 0.294. The minimum Gasteiger partial charge on any atom is -0.457 e. The molecule has 186 valence electrons. The first-order valence-electron chi connectivity index (χ1n) is 11.9. The van der Waals surface area contributed by atoms with Crippen LogP contribution in [0.5, 0.6) is 11.5 Å². The van der Waals surface area contributed by atoms with Gasteiger partial charge in [0.25, 0.3) is 0 Å². The fraction of sp³-hybridized carbons (Fsp3) is 0.276. The predicted molar refractivity (Wildman–Crippen MR) is 134 cm³/mol. The normalized spacial score (nSPS) is 15.3. The zero-order chi connectivity index (χ0) is 25.8. The van der Waals surface area contributed by atoms with Gasteiger partial charge in [-0.3, -0.25) is 14.4 Å².